The van der Waals surface area contributed by atoms with Crippen molar-refractivity contribution in [3.63, 3.8) is 0 Å². The molecule has 0 spiro atoms. The van der Waals surface area contributed by atoms with Gasteiger partial charge in [-0.05, 0) is 47.4 Å². The number of hydrogen-bond acceptors (Lipinski definition) is 1. The first-order valence-corrected chi connectivity index (χ1v) is 5.94. The smallest absolute Gasteiger partial charge is 0.328 e. The summed E-state index contributed by atoms with van der Waals surface area (Å²) in [5.74, 6) is -2.83. The van der Waals surface area contributed by atoms with Crippen LogP contribution in [0.1, 0.15) is 12.5 Å². The van der Waals surface area contributed by atoms with Crippen LogP contribution >= 0.6 is 0 Å². The van der Waals surface area contributed by atoms with Crippen LogP contribution in [-0.4, -0.2) is 11.1 Å². The number of carboxylic acid groups (broad SMARTS) is 1. The monoisotopic (exact) mass is 274 g/mol. The van der Waals surface area contributed by atoms with Crippen molar-refractivity contribution in [2.45, 2.75) is 6.92 Å². The lowest BCUT2D eigenvalue weighted by Crippen LogP contribution is -1.91. The second-order valence-electron chi connectivity index (χ2n) is 4.38. The average molecular weight is 274 g/mol. The van der Waals surface area contributed by atoms with E-state index in [-0.39, 0.29) is 0 Å². The van der Waals surface area contributed by atoms with Crippen LogP contribution in [0.25, 0.3) is 16.7 Å². The summed E-state index contributed by atoms with van der Waals surface area (Å²) in [7, 11) is 0. The maximum atomic E-state index is 13.2. The fourth-order valence-electron chi connectivity index (χ4n) is 1.89. The second-order valence-corrected chi connectivity index (χ2v) is 4.38. The van der Waals surface area contributed by atoms with E-state index < -0.39 is 17.6 Å². The molecule has 2 rings (SSSR count). The molecule has 0 atom stereocenters. The minimum absolute atomic E-state index is 0.536. The molecule has 2 nitrogen and oxygen atoms in total. The largest absolute Gasteiger partial charge is 0.478 e. The molecule has 0 aliphatic heterocycles. The highest BCUT2D eigenvalue weighted by molar-refractivity contribution is 5.90. The van der Waals surface area contributed by atoms with Crippen LogP contribution in [0.4, 0.5) is 8.78 Å². The van der Waals surface area contributed by atoms with Crippen LogP contribution in [0.2, 0.25) is 0 Å². The standard InChI is InChI=1S/C16H12F2O2/c1-10(7-16(19)20)11-3-2-4-12(8-11)13-5-6-14(17)15(18)9-13/h2-9H,1H3,(H,19,20)/b10-7+. The summed E-state index contributed by atoms with van der Waals surface area (Å²) in [5.41, 5.74) is 2.53. The Bertz CT molecular complexity index is 691. The highest BCUT2D eigenvalue weighted by Crippen LogP contribution is 2.25. The molecule has 0 heterocycles. The Kier molecular flexibility index (Phi) is 3.94. The molecule has 0 bridgehead atoms. The number of halogens is 2. The van der Waals surface area contributed by atoms with Gasteiger partial charge in [0, 0.05) is 6.08 Å². The van der Waals surface area contributed by atoms with Gasteiger partial charge in [0.2, 0.25) is 0 Å². The van der Waals surface area contributed by atoms with Gasteiger partial charge in [0.05, 0.1) is 0 Å². The summed E-state index contributed by atoms with van der Waals surface area (Å²) in [6.07, 6.45) is 1.10. The lowest BCUT2D eigenvalue weighted by atomic mass is 9.99. The third-order valence-corrected chi connectivity index (χ3v) is 2.91. The third kappa shape index (κ3) is 3.09. The van der Waals surface area contributed by atoms with Gasteiger partial charge in [-0.2, -0.15) is 0 Å². The Morgan fingerprint density at radius 1 is 1.05 bits per heavy atom. The van der Waals surface area contributed by atoms with Gasteiger partial charge in [-0.15, -0.1) is 0 Å². The fraction of sp³-hybridized carbons (Fsp3) is 0.0625. The van der Waals surface area contributed by atoms with Crippen molar-refractivity contribution >= 4 is 11.5 Å². The maximum Gasteiger partial charge on any atom is 0.328 e. The fourth-order valence-corrected chi connectivity index (χ4v) is 1.89. The van der Waals surface area contributed by atoms with Gasteiger partial charge in [-0.1, -0.05) is 24.3 Å². The maximum absolute atomic E-state index is 13.2. The average Bonchev–Trinajstić information content (AvgIpc) is 2.41. The number of carboxylic acids is 1. The van der Waals surface area contributed by atoms with E-state index in [1.807, 2.05) is 0 Å². The van der Waals surface area contributed by atoms with E-state index in [9.17, 15) is 13.6 Å². The summed E-state index contributed by atoms with van der Waals surface area (Å²) >= 11 is 0. The van der Waals surface area contributed by atoms with E-state index >= 15 is 0 Å². The molecule has 0 amide bonds. The van der Waals surface area contributed by atoms with Gasteiger partial charge in [0.1, 0.15) is 0 Å². The lowest BCUT2D eigenvalue weighted by Gasteiger charge is -2.06. The first kappa shape index (κ1) is 13.9. The van der Waals surface area contributed by atoms with E-state index in [1.165, 1.54) is 6.07 Å². The van der Waals surface area contributed by atoms with Crippen molar-refractivity contribution in [1.82, 2.24) is 0 Å². The number of rotatable bonds is 3. The van der Waals surface area contributed by atoms with Crippen LogP contribution in [-0.2, 0) is 4.79 Å². The third-order valence-electron chi connectivity index (χ3n) is 2.91. The van der Waals surface area contributed by atoms with Crippen molar-refractivity contribution in [3.8, 4) is 11.1 Å². The van der Waals surface area contributed by atoms with Gasteiger partial charge in [0.25, 0.3) is 0 Å². The molecule has 0 fully saturated rings. The Morgan fingerprint density at radius 3 is 2.40 bits per heavy atom. The Balaban J connectivity index is 2.44. The number of hydrogen-bond donors (Lipinski definition) is 1. The highest BCUT2D eigenvalue weighted by Gasteiger charge is 2.06. The number of aliphatic carboxylic acids is 1. The highest BCUT2D eigenvalue weighted by atomic mass is 19.2. The van der Waals surface area contributed by atoms with Crippen molar-refractivity contribution in [1.29, 1.82) is 0 Å². The first-order chi connectivity index (χ1) is 9.47. The van der Waals surface area contributed by atoms with Crippen molar-refractivity contribution in [2.24, 2.45) is 0 Å². The summed E-state index contributed by atoms with van der Waals surface area (Å²) in [6.45, 7) is 1.68. The molecule has 0 radical (unpaired) electrons. The van der Waals surface area contributed by atoms with Crippen molar-refractivity contribution in [3.05, 3.63) is 65.7 Å². The quantitative estimate of drug-likeness (QED) is 0.855. The molecule has 1 N–H and O–H groups in total. The number of benzene rings is 2. The van der Waals surface area contributed by atoms with Crippen LogP contribution in [0.5, 0.6) is 0 Å². The minimum Gasteiger partial charge on any atom is -0.478 e. The first-order valence-electron chi connectivity index (χ1n) is 5.94. The zero-order chi connectivity index (χ0) is 14.7. The van der Waals surface area contributed by atoms with Crippen LogP contribution in [0.15, 0.2) is 48.5 Å². The van der Waals surface area contributed by atoms with Gasteiger partial charge >= 0.3 is 5.97 Å². The molecule has 0 saturated heterocycles. The van der Waals surface area contributed by atoms with E-state index in [0.29, 0.717) is 16.7 Å². The lowest BCUT2D eigenvalue weighted by molar-refractivity contribution is -0.131. The summed E-state index contributed by atoms with van der Waals surface area (Å²) in [4.78, 5) is 10.7. The Hall–Kier alpha value is -2.49. The molecular weight excluding hydrogens is 262 g/mol. The van der Waals surface area contributed by atoms with Crippen molar-refractivity contribution in [2.75, 3.05) is 0 Å². The van der Waals surface area contributed by atoms with Gasteiger partial charge < -0.3 is 5.11 Å². The van der Waals surface area contributed by atoms with E-state index in [4.69, 9.17) is 5.11 Å². The van der Waals surface area contributed by atoms with Gasteiger partial charge in [0.15, 0.2) is 11.6 Å². The predicted octanol–water partition coefficient (Wildman–Crippen LogP) is 4.12. The normalized spacial score (nSPS) is 11.4. The zero-order valence-electron chi connectivity index (χ0n) is 10.7. The molecule has 4 heteroatoms. The summed E-state index contributed by atoms with van der Waals surface area (Å²) < 4.78 is 26.1. The molecule has 0 aliphatic rings. The van der Waals surface area contributed by atoms with Crippen molar-refractivity contribution < 1.29 is 18.7 Å². The van der Waals surface area contributed by atoms with E-state index in [0.717, 1.165) is 23.8 Å². The summed E-state index contributed by atoms with van der Waals surface area (Å²) in [6, 6.07) is 10.7. The Morgan fingerprint density at radius 2 is 1.75 bits per heavy atom. The molecule has 2 aromatic rings. The molecule has 0 unspecified atom stereocenters. The molecule has 0 aromatic heterocycles. The van der Waals surface area contributed by atoms with Crippen LogP contribution in [0, 0.1) is 11.6 Å². The Labute approximate surface area is 115 Å². The predicted molar refractivity (Wildman–Crippen MR) is 73.1 cm³/mol. The van der Waals surface area contributed by atoms with E-state index in [1.54, 1.807) is 31.2 Å². The number of carbonyl (C=O) groups is 1. The molecule has 20 heavy (non-hydrogen) atoms. The number of allylic oxidation sites excluding steroid dienone is 1. The van der Waals surface area contributed by atoms with Crippen LogP contribution in [0.3, 0.4) is 0 Å². The molecule has 0 aliphatic carbocycles. The topological polar surface area (TPSA) is 37.3 Å². The van der Waals surface area contributed by atoms with Crippen LogP contribution < -0.4 is 0 Å². The zero-order valence-corrected chi connectivity index (χ0v) is 10.7. The molecule has 0 saturated carbocycles. The molecule has 102 valence electrons. The van der Waals surface area contributed by atoms with Gasteiger partial charge in [-0.3, -0.25) is 0 Å². The second kappa shape index (κ2) is 5.65. The SMILES string of the molecule is C/C(=C\C(=O)O)c1cccc(-c2ccc(F)c(F)c2)c1. The van der Waals surface area contributed by atoms with E-state index in [2.05, 4.69) is 0 Å². The minimum atomic E-state index is -1.03. The molecular formula is C16H12F2O2. The summed E-state index contributed by atoms with van der Waals surface area (Å²) in [5, 5.41) is 8.73. The molecule has 2 aromatic carbocycles. The van der Waals surface area contributed by atoms with Gasteiger partial charge in [-0.25, -0.2) is 13.6 Å².